The molecule has 4 heteroatoms. The highest BCUT2D eigenvalue weighted by molar-refractivity contribution is 7.99. The predicted molar refractivity (Wildman–Crippen MR) is 92.5 cm³/mol. The van der Waals surface area contributed by atoms with E-state index in [1.807, 2.05) is 17.8 Å². The van der Waals surface area contributed by atoms with Gasteiger partial charge in [-0.2, -0.15) is 11.8 Å². The van der Waals surface area contributed by atoms with Crippen LogP contribution in [0.15, 0.2) is 24.3 Å². The van der Waals surface area contributed by atoms with Crippen LogP contribution in [0.3, 0.4) is 0 Å². The molecule has 1 aromatic rings. The van der Waals surface area contributed by atoms with E-state index in [9.17, 15) is 0 Å². The highest BCUT2D eigenvalue weighted by Crippen LogP contribution is 2.28. The average Bonchev–Trinajstić information content (AvgIpc) is 2.52. The Kier molecular flexibility index (Phi) is 10.4. The molecule has 0 saturated carbocycles. The van der Waals surface area contributed by atoms with E-state index in [2.05, 4.69) is 37.4 Å². The van der Waals surface area contributed by atoms with Crippen LogP contribution < -0.4 is 10.1 Å². The van der Waals surface area contributed by atoms with Crippen molar-refractivity contribution in [2.75, 3.05) is 38.4 Å². The second-order valence-corrected chi connectivity index (χ2v) is 6.11. The zero-order valence-electron chi connectivity index (χ0n) is 13.6. The Balaban J connectivity index is 2.73. The lowest BCUT2D eigenvalue weighted by Crippen LogP contribution is -2.25. The average molecular weight is 311 g/mol. The third kappa shape index (κ3) is 7.21. The maximum atomic E-state index is 5.87. The highest BCUT2D eigenvalue weighted by Gasteiger charge is 2.15. The van der Waals surface area contributed by atoms with Crippen molar-refractivity contribution in [3.05, 3.63) is 29.8 Å². The van der Waals surface area contributed by atoms with Crippen molar-refractivity contribution in [2.45, 2.75) is 32.7 Å². The summed E-state index contributed by atoms with van der Waals surface area (Å²) in [4.78, 5) is 0. The van der Waals surface area contributed by atoms with E-state index in [1.54, 1.807) is 7.11 Å². The molecule has 1 atom stereocenters. The van der Waals surface area contributed by atoms with E-state index in [-0.39, 0.29) is 0 Å². The van der Waals surface area contributed by atoms with Gasteiger partial charge in [-0.1, -0.05) is 32.0 Å². The molecule has 1 rings (SSSR count). The molecule has 0 aromatic heterocycles. The number of benzene rings is 1. The zero-order valence-corrected chi connectivity index (χ0v) is 14.4. The molecule has 0 spiro atoms. The van der Waals surface area contributed by atoms with Crippen molar-refractivity contribution in [1.29, 1.82) is 0 Å². The Morgan fingerprint density at radius 1 is 1.14 bits per heavy atom. The van der Waals surface area contributed by atoms with Crippen LogP contribution in [0.5, 0.6) is 5.75 Å². The van der Waals surface area contributed by atoms with Gasteiger partial charge in [0.15, 0.2) is 0 Å². The molecule has 0 saturated heterocycles. The first-order valence-corrected chi connectivity index (χ1v) is 9.00. The van der Waals surface area contributed by atoms with Crippen LogP contribution in [0.2, 0.25) is 0 Å². The Morgan fingerprint density at radius 2 is 1.95 bits per heavy atom. The molecule has 0 amide bonds. The molecule has 0 heterocycles. The first-order valence-electron chi connectivity index (χ1n) is 7.85. The van der Waals surface area contributed by atoms with Crippen molar-refractivity contribution in [2.24, 2.45) is 0 Å². The molecule has 1 aromatic carbocycles. The van der Waals surface area contributed by atoms with Gasteiger partial charge in [-0.3, -0.25) is 0 Å². The van der Waals surface area contributed by atoms with Crippen molar-refractivity contribution < 1.29 is 9.47 Å². The van der Waals surface area contributed by atoms with Crippen LogP contribution >= 0.6 is 11.8 Å². The molecule has 21 heavy (non-hydrogen) atoms. The second-order valence-electron chi connectivity index (χ2n) is 4.96. The van der Waals surface area contributed by atoms with Gasteiger partial charge < -0.3 is 14.8 Å². The number of thioether (sulfide) groups is 1. The number of ether oxygens (including phenoxy) is 2. The van der Waals surface area contributed by atoms with Crippen LogP contribution in [0.25, 0.3) is 0 Å². The van der Waals surface area contributed by atoms with Crippen molar-refractivity contribution in [3.63, 3.8) is 0 Å². The quantitative estimate of drug-likeness (QED) is 0.593. The van der Waals surface area contributed by atoms with Crippen LogP contribution in [0, 0.1) is 0 Å². The number of hydrogen-bond donors (Lipinski definition) is 1. The minimum atomic E-state index is 0.347. The summed E-state index contributed by atoms with van der Waals surface area (Å²) in [7, 11) is 1.70. The third-order valence-electron chi connectivity index (χ3n) is 3.11. The molecular weight excluding hydrogens is 282 g/mol. The molecule has 0 bridgehead atoms. The number of methoxy groups -OCH3 is 1. The Hall–Kier alpha value is -0.710. The van der Waals surface area contributed by atoms with Crippen LogP contribution in [-0.4, -0.2) is 38.4 Å². The molecule has 0 fully saturated rings. The summed E-state index contributed by atoms with van der Waals surface area (Å²) >= 11 is 2.00. The number of para-hydroxylation sites is 1. The summed E-state index contributed by atoms with van der Waals surface area (Å²) in [6.45, 7) is 6.67. The predicted octanol–water partition coefficient (Wildman–Crippen LogP) is 3.90. The summed E-state index contributed by atoms with van der Waals surface area (Å²) in [6, 6.07) is 8.68. The lowest BCUT2D eigenvalue weighted by molar-refractivity contribution is 0.145. The van der Waals surface area contributed by atoms with E-state index in [0.717, 1.165) is 24.5 Å². The van der Waals surface area contributed by atoms with Crippen molar-refractivity contribution in [3.8, 4) is 5.75 Å². The van der Waals surface area contributed by atoms with Gasteiger partial charge in [-0.05, 0) is 31.2 Å². The Bertz CT molecular complexity index is 374. The smallest absolute Gasteiger partial charge is 0.124 e. The maximum absolute atomic E-state index is 5.87. The highest BCUT2D eigenvalue weighted by atomic mass is 32.2. The van der Waals surface area contributed by atoms with Crippen molar-refractivity contribution in [1.82, 2.24) is 5.32 Å². The lowest BCUT2D eigenvalue weighted by Gasteiger charge is -2.21. The SMILES string of the molecule is CCCNC(CSCCC)c1ccccc1OCCOC. The van der Waals surface area contributed by atoms with E-state index in [0.29, 0.717) is 19.3 Å². The van der Waals surface area contributed by atoms with Gasteiger partial charge in [0.2, 0.25) is 0 Å². The van der Waals surface area contributed by atoms with E-state index < -0.39 is 0 Å². The van der Waals surface area contributed by atoms with Crippen LogP contribution in [0.4, 0.5) is 0 Å². The Labute approximate surface area is 133 Å². The van der Waals surface area contributed by atoms with Gasteiger partial charge >= 0.3 is 0 Å². The summed E-state index contributed by atoms with van der Waals surface area (Å²) in [6.07, 6.45) is 2.36. The fraction of sp³-hybridized carbons (Fsp3) is 0.647. The van der Waals surface area contributed by atoms with Crippen LogP contribution in [0.1, 0.15) is 38.3 Å². The molecule has 0 radical (unpaired) electrons. The van der Waals surface area contributed by atoms with E-state index in [4.69, 9.17) is 9.47 Å². The first kappa shape index (κ1) is 18.3. The summed E-state index contributed by atoms with van der Waals surface area (Å²) in [5, 5.41) is 3.64. The lowest BCUT2D eigenvalue weighted by atomic mass is 10.1. The number of nitrogens with one attached hydrogen (secondary N) is 1. The molecule has 120 valence electrons. The molecule has 0 aliphatic carbocycles. The summed E-state index contributed by atoms with van der Waals surface area (Å²) < 4.78 is 10.9. The molecular formula is C17H29NO2S. The van der Waals surface area contributed by atoms with Gasteiger partial charge in [0.25, 0.3) is 0 Å². The molecule has 0 aliphatic rings. The van der Waals surface area contributed by atoms with Gasteiger partial charge in [0.1, 0.15) is 12.4 Å². The number of hydrogen-bond acceptors (Lipinski definition) is 4. The monoisotopic (exact) mass is 311 g/mol. The van der Waals surface area contributed by atoms with Gasteiger partial charge in [0.05, 0.1) is 6.61 Å². The largest absolute Gasteiger partial charge is 0.491 e. The number of rotatable bonds is 12. The molecule has 1 N–H and O–H groups in total. The fourth-order valence-corrected chi connectivity index (χ4v) is 3.05. The van der Waals surface area contributed by atoms with Crippen molar-refractivity contribution >= 4 is 11.8 Å². The van der Waals surface area contributed by atoms with Gasteiger partial charge in [0, 0.05) is 24.5 Å². The molecule has 1 unspecified atom stereocenters. The minimum absolute atomic E-state index is 0.347. The van der Waals surface area contributed by atoms with E-state index >= 15 is 0 Å². The second kappa shape index (κ2) is 11.9. The Morgan fingerprint density at radius 3 is 2.67 bits per heavy atom. The molecule has 0 aliphatic heterocycles. The summed E-state index contributed by atoms with van der Waals surface area (Å²) in [5.74, 6) is 3.26. The van der Waals surface area contributed by atoms with E-state index in [1.165, 1.54) is 17.7 Å². The zero-order chi connectivity index (χ0) is 15.3. The first-order chi connectivity index (χ1) is 10.3. The molecule has 3 nitrogen and oxygen atoms in total. The fourth-order valence-electron chi connectivity index (χ4n) is 2.06. The topological polar surface area (TPSA) is 30.5 Å². The summed E-state index contributed by atoms with van der Waals surface area (Å²) in [5.41, 5.74) is 1.26. The third-order valence-corrected chi connectivity index (χ3v) is 4.38. The minimum Gasteiger partial charge on any atom is -0.491 e. The maximum Gasteiger partial charge on any atom is 0.124 e. The van der Waals surface area contributed by atoms with Gasteiger partial charge in [-0.15, -0.1) is 0 Å². The standard InChI is InChI=1S/C17H29NO2S/c1-4-10-18-16(14-21-13-5-2)15-8-6-7-9-17(15)20-12-11-19-3/h6-9,16,18H,4-5,10-14H2,1-3H3. The van der Waals surface area contributed by atoms with Gasteiger partial charge in [-0.25, -0.2) is 0 Å². The van der Waals surface area contributed by atoms with Crippen LogP contribution in [-0.2, 0) is 4.74 Å². The normalized spacial score (nSPS) is 12.3.